The van der Waals surface area contributed by atoms with Crippen molar-refractivity contribution >= 4 is 62.5 Å². The van der Waals surface area contributed by atoms with E-state index in [9.17, 15) is 0 Å². The summed E-state index contributed by atoms with van der Waals surface area (Å²) in [7, 11) is 0. The van der Waals surface area contributed by atoms with Gasteiger partial charge in [-0.1, -0.05) is 23.2 Å². The highest BCUT2D eigenvalue weighted by Crippen LogP contribution is 2.28. The van der Waals surface area contributed by atoms with Crippen molar-refractivity contribution in [2.75, 3.05) is 0 Å². The monoisotopic (exact) mass is 373 g/mol. The topological polar surface area (TPSA) is 33.6 Å². The Morgan fingerprint density at radius 2 is 2.00 bits per heavy atom. The van der Waals surface area contributed by atoms with Crippen LogP contribution in [0.2, 0.25) is 10.0 Å². The van der Waals surface area contributed by atoms with E-state index in [1.54, 1.807) is 18.3 Å². The summed E-state index contributed by atoms with van der Waals surface area (Å²) in [5.74, 6) is 0. The highest BCUT2D eigenvalue weighted by Gasteiger charge is 2.11. The van der Waals surface area contributed by atoms with E-state index in [0.717, 1.165) is 21.3 Å². The Morgan fingerprint density at radius 1 is 1.21 bits per heavy atom. The molecule has 0 saturated carbocycles. The molecule has 2 heterocycles. The quantitative estimate of drug-likeness (QED) is 0.597. The highest BCUT2D eigenvalue weighted by atomic mass is 79.9. The molecule has 3 aromatic rings. The van der Waals surface area contributed by atoms with Gasteiger partial charge in [0, 0.05) is 15.7 Å². The molecule has 0 atom stereocenters. The Hall–Kier alpha value is -0.880. The number of rotatable bonds is 1. The zero-order valence-corrected chi connectivity index (χ0v) is 13.2. The van der Waals surface area contributed by atoms with Crippen molar-refractivity contribution in [3.63, 3.8) is 0 Å². The van der Waals surface area contributed by atoms with Gasteiger partial charge in [0.25, 0.3) is 0 Å². The first-order valence-corrected chi connectivity index (χ1v) is 7.23. The van der Waals surface area contributed by atoms with Crippen molar-refractivity contribution in [2.45, 2.75) is 0 Å². The molecule has 3 nitrogen and oxygen atoms in total. The van der Waals surface area contributed by atoms with Crippen LogP contribution in [0, 0.1) is 4.77 Å². The molecule has 19 heavy (non-hydrogen) atoms. The minimum Gasteiger partial charge on any atom is -0.329 e. The maximum absolute atomic E-state index is 5.95. The van der Waals surface area contributed by atoms with Crippen LogP contribution in [-0.2, 0) is 0 Å². The molecule has 0 unspecified atom stereocenters. The van der Waals surface area contributed by atoms with E-state index < -0.39 is 0 Å². The number of hydrogen-bond acceptors (Lipinski definition) is 2. The zero-order chi connectivity index (χ0) is 13.6. The molecule has 0 aliphatic heterocycles. The lowest BCUT2D eigenvalue weighted by Crippen LogP contribution is -1.96. The van der Waals surface area contributed by atoms with Crippen molar-refractivity contribution in [3.05, 3.63) is 49.8 Å². The van der Waals surface area contributed by atoms with Crippen molar-refractivity contribution in [1.82, 2.24) is 14.5 Å². The third-order valence-electron chi connectivity index (χ3n) is 2.64. The van der Waals surface area contributed by atoms with Gasteiger partial charge in [0.1, 0.15) is 0 Å². The summed E-state index contributed by atoms with van der Waals surface area (Å²) in [5.41, 5.74) is 2.38. The van der Waals surface area contributed by atoms with Crippen LogP contribution in [-0.4, -0.2) is 14.5 Å². The van der Waals surface area contributed by atoms with Crippen LogP contribution in [0.15, 0.2) is 34.9 Å². The van der Waals surface area contributed by atoms with Gasteiger partial charge in [0.2, 0.25) is 0 Å². The average molecular weight is 375 g/mol. The fourth-order valence-corrected chi connectivity index (χ4v) is 3.17. The molecule has 0 amide bonds. The summed E-state index contributed by atoms with van der Waals surface area (Å²) >= 11 is 20.7. The number of aromatic amines is 1. The van der Waals surface area contributed by atoms with E-state index in [4.69, 9.17) is 35.4 Å². The maximum atomic E-state index is 5.95. The van der Waals surface area contributed by atoms with Crippen LogP contribution in [0.1, 0.15) is 0 Å². The van der Waals surface area contributed by atoms with Crippen molar-refractivity contribution in [3.8, 4) is 5.69 Å². The summed E-state index contributed by atoms with van der Waals surface area (Å²) in [4.78, 5) is 7.41. The molecular formula is C12H6BrCl2N3S. The second-order valence-corrected chi connectivity index (χ2v) is 6.00. The van der Waals surface area contributed by atoms with Gasteiger partial charge < -0.3 is 4.98 Å². The average Bonchev–Trinajstić information content (AvgIpc) is 2.65. The number of benzene rings is 1. The SMILES string of the molecule is S=c1[nH]c2cc(Cl)cnc2n1-c1ccc(Cl)cc1Br. The lowest BCUT2D eigenvalue weighted by molar-refractivity contribution is 1.04. The van der Waals surface area contributed by atoms with E-state index in [1.807, 2.05) is 16.7 Å². The van der Waals surface area contributed by atoms with E-state index in [1.165, 1.54) is 0 Å². The number of hydrogen-bond donors (Lipinski definition) is 1. The molecular weight excluding hydrogens is 369 g/mol. The highest BCUT2D eigenvalue weighted by molar-refractivity contribution is 9.10. The molecule has 2 aromatic heterocycles. The summed E-state index contributed by atoms with van der Waals surface area (Å²) in [6.07, 6.45) is 1.59. The van der Waals surface area contributed by atoms with Gasteiger partial charge in [0.15, 0.2) is 10.4 Å². The van der Waals surface area contributed by atoms with Crippen molar-refractivity contribution in [1.29, 1.82) is 0 Å². The number of imidazole rings is 1. The van der Waals surface area contributed by atoms with E-state index in [2.05, 4.69) is 25.9 Å². The number of aromatic nitrogens is 3. The van der Waals surface area contributed by atoms with Gasteiger partial charge in [-0.3, -0.25) is 4.57 Å². The van der Waals surface area contributed by atoms with Gasteiger partial charge in [-0.05, 0) is 52.4 Å². The minimum atomic E-state index is 0.549. The molecule has 0 aliphatic carbocycles. The number of fused-ring (bicyclic) bond motifs is 1. The van der Waals surface area contributed by atoms with Gasteiger partial charge in [-0.25, -0.2) is 4.98 Å². The van der Waals surface area contributed by atoms with E-state index >= 15 is 0 Å². The van der Waals surface area contributed by atoms with Crippen LogP contribution in [0.3, 0.4) is 0 Å². The molecule has 0 spiro atoms. The molecule has 0 bridgehead atoms. The second kappa shape index (κ2) is 4.90. The van der Waals surface area contributed by atoms with Crippen LogP contribution < -0.4 is 0 Å². The second-order valence-electron chi connectivity index (χ2n) is 3.89. The van der Waals surface area contributed by atoms with Crippen LogP contribution in [0.4, 0.5) is 0 Å². The first-order valence-electron chi connectivity index (χ1n) is 5.28. The molecule has 0 aliphatic rings. The fourth-order valence-electron chi connectivity index (χ4n) is 1.86. The number of nitrogens with zero attached hydrogens (tertiary/aromatic N) is 2. The zero-order valence-electron chi connectivity index (χ0n) is 9.32. The molecule has 1 N–H and O–H groups in total. The van der Waals surface area contributed by atoms with Gasteiger partial charge in [0.05, 0.1) is 16.2 Å². The van der Waals surface area contributed by atoms with Crippen molar-refractivity contribution in [2.24, 2.45) is 0 Å². The predicted octanol–water partition coefficient (Wildman–Crippen LogP) is 5.15. The molecule has 0 fully saturated rings. The summed E-state index contributed by atoms with van der Waals surface area (Å²) < 4.78 is 3.23. The van der Waals surface area contributed by atoms with Crippen LogP contribution >= 0.6 is 51.3 Å². The summed E-state index contributed by atoms with van der Waals surface area (Å²) in [6.45, 7) is 0. The Labute approximate surface area is 132 Å². The molecule has 3 rings (SSSR count). The number of halogens is 3. The molecule has 96 valence electrons. The number of nitrogens with one attached hydrogen (secondary N) is 1. The number of pyridine rings is 1. The molecule has 0 radical (unpaired) electrons. The summed E-state index contributed by atoms with van der Waals surface area (Å²) in [6, 6.07) is 7.29. The van der Waals surface area contributed by atoms with Gasteiger partial charge in [-0.15, -0.1) is 0 Å². The third-order valence-corrected chi connectivity index (χ3v) is 4.00. The van der Waals surface area contributed by atoms with Crippen LogP contribution in [0.25, 0.3) is 16.9 Å². The normalized spacial score (nSPS) is 11.1. The Balaban J connectivity index is 2.36. The predicted molar refractivity (Wildman–Crippen MR) is 84.0 cm³/mol. The first kappa shape index (κ1) is 13.1. The van der Waals surface area contributed by atoms with Gasteiger partial charge >= 0.3 is 0 Å². The first-order chi connectivity index (χ1) is 9.06. The Kier molecular flexibility index (Phi) is 3.39. The Bertz CT molecular complexity index is 841. The molecule has 0 saturated heterocycles. The lowest BCUT2D eigenvalue weighted by atomic mass is 10.3. The fraction of sp³-hybridized carbons (Fsp3) is 0. The van der Waals surface area contributed by atoms with Gasteiger partial charge in [-0.2, -0.15) is 0 Å². The van der Waals surface area contributed by atoms with Crippen molar-refractivity contribution < 1.29 is 0 Å². The van der Waals surface area contributed by atoms with Crippen LogP contribution in [0.5, 0.6) is 0 Å². The smallest absolute Gasteiger partial charge is 0.184 e. The standard InChI is InChI=1S/C12H6BrCl2N3S/c13-8-3-6(14)1-2-10(8)18-11-9(17-12(18)19)4-7(15)5-16-11/h1-5H,(H,17,19). The molecule has 7 heteroatoms. The lowest BCUT2D eigenvalue weighted by Gasteiger charge is -2.06. The minimum absolute atomic E-state index is 0.549. The third kappa shape index (κ3) is 2.31. The largest absolute Gasteiger partial charge is 0.329 e. The summed E-state index contributed by atoms with van der Waals surface area (Å²) in [5, 5.41) is 1.21. The maximum Gasteiger partial charge on any atom is 0.184 e. The number of H-pyrrole nitrogens is 1. The molecule has 1 aromatic carbocycles. The Morgan fingerprint density at radius 3 is 2.74 bits per heavy atom. The van der Waals surface area contributed by atoms with E-state index in [-0.39, 0.29) is 0 Å². The van der Waals surface area contributed by atoms with E-state index in [0.29, 0.717) is 14.8 Å².